The molecule has 1 saturated carbocycles. The summed E-state index contributed by atoms with van der Waals surface area (Å²) >= 11 is 0. The first-order chi connectivity index (χ1) is 12.1. The van der Waals surface area contributed by atoms with Gasteiger partial charge in [0, 0.05) is 0 Å². The van der Waals surface area contributed by atoms with Crippen molar-refractivity contribution in [3.05, 3.63) is 11.4 Å². The summed E-state index contributed by atoms with van der Waals surface area (Å²) in [7, 11) is -2.01. The predicted octanol–water partition coefficient (Wildman–Crippen LogP) is 2.73. The monoisotopic (exact) mass is 391 g/mol. The van der Waals surface area contributed by atoms with Crippen molar-refractivity contribution in [3.8, 4) is 0 Å². The van der Waals surface area contributed by atoms with Crippen molar-refractivity contribution >= 4 is 20.4 Å². The average Bonchev–Trinajstić information content (AvgIpc) is 2.51. The number of rotatable bonds is 7. The standard InChI is InChI=1S/C17H30NO7P/c1-17(2,3)15(20)24-11-25-16(21)18-14(19)8-7-12-5-4-6-13(9-12)10-26(22)23/h10,12,14,19,22-23H,4-9,11H2,1-3H3,(H,18,21). The number of aliphatic hydroxyl groups is 1. The van der Waals surface area contributed by atoms with E-state index in [0.29, 0.717) is 18.8 Å². The summed E-state index contributed by atoms with van der Waals surface area (Å²) in [6.45, 7) is 4.56. The van der Waals surface area contributed by atoms with Gasteiger partial charge in [0.2, 0.25) is 6.79 Å². The molecule has 1 aliphatic carbocycles. The number of esters is 1. The molecule has 0 spiro atoms. The predicted molar refractivity (Wildman–Crippen MR) is 96.7 cm³/mol. The van der Waals surface area contributed by atoms with E-state index in [1.54, 1.807) is 20.8 Å². The third kappa shape index (κ3) is 9.48. The van der Waals surface area contributed by atoms with Crippen LogP contribution in [-0.2, 0) is 14.3 Å². The number of amides is 1. The minimum Gasteiger partial charge on any atom is -0.427 e. The van der Waals surface area contributed by atoms with E-state index in [0.717, 1.165) is 31.3 Å². The molecule has 9 heteroatoms. The third-order valence-electron chi connectivity index (χ3n) is 4.08. The Morgan fingerprint density at radius 1 is 1.35 bits per heavy atom. The summed E-state index contributed by atoms with van der Waals surface area (Å²) < 4.78 is 9.52. The highest BCUT2D eigenvalue weighted by molar-refractivity contribution is 7.48. The summed E-state index contributed by atoms with van der Waals surface area (Å²) in [6.07, 6.45) is 2.79. The molecule has 0 aromatic rings. The number of allylic oxidation sites excluding steroid dienone is 1. The van der Waals surface area contributed by atoms with Gasteiger partial charge in [-0.25, -0.2) is 4.79 Å². The molecule has 2 unspecified atom stereocenters. The van der Waals surface area contributed by atoms with Crippen LogP contribution in [0.25, 0.3) is 0 Å². The van der Waals surface area contributed by atoms with Crippen LogP contribution in [0.5, 0.6) is 0 Å². The first-order valence-corrected chi connectivity index (χ1v) is 10.0. The molecule has 0 radical (unpaired) electrons. The molecule has 0 aliphatic heterocycles. The lowest BCUT2D eigenvalue weighted by Crippen LogP contribution is -2.36. The van der Waals surface area contributed by atoms with Crippen molar-refractivity contribution in [2.24, 2.45) is 11.3 Å². The summed E-state index contributed by atoms with van der Waals surface area (Å²) in [5.41, 5.74) is 0.361. The van der Waals surface area contributed by atoms with Crippen LogP contribution in [0.1, 0.15) is 59.3 Å². The number of hydrogen-bond acceptors (Lipinski definition) is 7. The number of alkyl carbamates (subject to hydrolysis) is 1. The lowest BCUT2D eigenvalue weighted by atomic mass is 9.83. The zero-order valence-electron chi connectivity index (χ0n) is 15.6. The second-order valence-corrected chi connectivity index (χ2v) is 8.44. The van der Waals surface area contributed by atoms with Gasteiger partial charge >= 0.3 is 12.1 Å². The molecule has 150 valence electrons. The number of carbonyl (C=O) groups excluding carboxylic acids is 2. The molecule has 4 N–H and O–H groups in total. The molecule has 2 atom stereocenters. The molecule has 1 aliphatic rings. The number of aliphatic hydroxyl groups excluding tert-OH is 1. The fourth-order valence-corrected chi connectivity index (χ4v) is 3.28. The highest BCUT2D eigenvalue weighted by Gasteiger charge is 2.24. The molecule has 0 bridgehead atoms. The van der Waals surface area contributed by atoms with Gasteiger partial charge in [-0.3, -0.25) is 10.1 Å². The molecule has 26 heavy (non-hydrogen) atoms. The van der Waals surface area contributed by atoms with E-state index >= 15 is 0 Å². The van der Waals surface area contributed by atoms with Crippen LogP contribution in [0.4, 0.5) is 4.79 Å². The molecule has 0 aromatic carbocycles. The van der Waals surface area contributed by atoms with Gasteiger partial charge in [0.25, 0.3) is 0 Å². The maximum Gasteiger partial charge on any atom is 0.412 e. The SMILES string of the molecule is CC(C)(C)C(=O)OCOC(=O)NC(O)CCC1CCCC(=CP(O)O)C1. The van der Waals surface area contributed by atoms with Crippen LogP contribution in [0.3, 0.4) is 0 Å². The van der Waals surface area contributed by atoms with Crippen LogP contribution < -0.4 is 5.32 Å². The molecular formula is C17H30NO7P. The average molecular weight is 391 g/mol. The number of nitrogens with one attached hydrogen (secondary N) is 1. The Labute approximate surface area is 155 Å². The van der Waals surface area contributed by atoms with Gasteiger partial charge in [-0.2, -0.15) is 0 Å². The van der Waals surface area contributed by atoms with Crippen LogP contribution >= 0.6 is 8.38 Å². The van der Waals surface area contributed by atoms with E-state index in [1.807, 2.05) is 0 Å². The zero-order valence-corrected chi connectivity index (χ0v) is 16.5. The largest absolute Gasteiger partial charge is 0.427 e. The van der Waals surface area contributed by atoms with Gasteiger partial charge < -0.3 is 24.4 Å². The molecule has 0 heterocycles. The minimum atomic E-state index is -2.01. The number of carbonyl (C=O) groups is 2. The highest BCUT2D eigenvalue weighted by atomic mass is 31.2. The summed E-state index contributed by atoms with van der Waals surface area (Å²) in [5, 5.41) is 12.2. The van der Waals surface area contributed by atoms with Crippen LogP contribution in [0.15, 0.2) is 11.4 Å². The zero-order chi connectivity index (χ0) is 19.7. The Hall–Kier alpha value is -1.21. The van der Waals surface area contributed by atoms with Crippen molar-refractivity contribution in [1.29, 1.82) is 0 Å². The van der Waals surface area contributed by atoms with Crippen LogP contribution in [0.2, 0.25) is 0 Å². The summed E-state index contributed by atoms with van der Waals surface area (Å²) in [4.78, 5) is 41.2. The van der Waals surface area contributed by atoms with E-state index in [-0.39, 0.29) is 0 Å². The van der Waals surface area contributed by atoms with Gasteiger partial charge in [0.15, 0.2) is 8.38 Å². The molecule has 0 aromatic heterocycles. The maximum absolute atomic E-state index is 11.6. The van der Waals surface area contributed by atoms with E-state index in [1.165, 1.54) is 5.82 Å². The minimum absolute atomic E-state index is 0.338. The van der Waals surface area contributed by atoms with Crippen molar-refractivity contribution in [2.75, 3.05) is 6.79 Å². The van der Waals surface area contributed by atoms with Crippen molar-refractivity contribution < 1.29 is 34.0 Å². The lowest BCUT2D eigenvalue weighted by molar-refractivity contribution is -0.161. The maximum atomic E-state index is 11.6. The highest BCUT2D eigenvalue weighted by Crippen LogP contribution is 2.37. The van der Waals surface area contributed by atoms with E-state index in [9.17, 15) is 14.7 Å². The fraction of sp³-hybridized carbons (Fsp3) is 0.765. The van der Waals surface area contributed by atoms with Crippen molar-refractivity contribution in [3.63, 3.8) is 0 Å². The van der Waals surface area contributed by atoms with Gasteiger partial charge in [-0.1, -0.05) is 5.57 Å². The van der Waals surface area contributed by atoms with Gasteiger partial charge in [-0.05, 0) is 71.0 Å². The Kier molecular flexibility index (Phi) is 9.50. The van der Waals surface area contributed by atoms with Gasteiger partial charge in [0.1, 0.15) is 6.23 Å². The van der Waals surface area contributed by atoms with E-state index in [4.69, 9.17) is 19.3 Å². The fourth-order valence-electron chi connectivity index (χ4n) is 2.72. The third-order valence-corrected chi connectivity index (χ3v) is 4.68. The quantitative estimate of drug-likeness (QED) is 0.299. The molecule has 8 nitrogen and oxygen atoms in total. The van der Waals surface area contributed by atoms with Crippen molar-refractivity contribution in [1.82, 2.24) is 5.32 Å². The lowest BCUT2D eigenvalue weighted by Gasteiger charge is -2.25. The molecular weight excluding hydrogens is 361 g/mol. The second kappa shape index (κ2) is 10.8. The Morgan fingerprint density at radius 3 is 2.65 bits per heavy atom. The number of hydrogen-bond donors (Lipinski definition) is 4. The second-order valence-electron chi connectivity index (χ2n) is 7.54. The molecule has 1 amide bonds. The summed E-state index contributed by atoms with van der Waals surface area (Å²) in [6, 6.07) is 0. The summed E-state index contributed by atoms with van der Waals surface area (Å²) in [5.74, 6) is 1.37. The van der Waals surface area contributed by atoms with Crippen LogP contribution in [-0.4, -0.2) is 40.0 Å². The van der Waals surface area contributed by atoms with E-state index < -0.39 is 38.9 Å². The number of ether oxygens (including phenoxy) is 2. The molecule has 0 saturated heterocycles. The normalized spacial score (nSPS) is 20.7. The Bertz CT molecular complexity index is 502. The molecule has 1 rings (SSSR count). The first-order valence-electron chi connectivity index (χ1n) is 8.73. The van der Waals surface area contributed by atoms with Gasteiger partial charge in [-0.15, -0.1) is 0 Å². The van der Waals surface area contributed by atoms with Gasteiger partial charge in [0.05, 0.1) is 5.41 Å². The topological polar surface area (TPSA) is 125 Å². The van der Waals surface area contributed by atoms with Crippen LogP contribution in [0, 0.1) is 11.3 Å². The Balaban J connectivity index is 2.24. The smallest absolute Gasteiger partial charge is 0.412 e. The first kappa shape index (κ1) is 22.8. The Morgan fingerprint density at radius 2 is 2.04 bits per heavy atom. The molecule has 1 fully saturated rings. The van der Waals surface area contributed by atoms with Crippen molar-refractivity contribution in [2.45, 2.75) is 65.5 Å². The van der Waals surface area contributed by atoms with E-state index in [2.05, 4.69) is 5.32 Å².